The molecule has 2 heterocycles. The Bertz CT molecular complexity index is 928. The first-order valence-electron chi connectivity index (χ1n) is 8.97. The maximum Gasteiger partial charge on any atom is 0.238 e. The van der Waals surface area contributed by atoms with Crippen LogP contribution in [-0.4, -0.2) is 28.5 Å². The molecule has 0 aliphatic carbocycles. The number of thioether (sulfide) groups is 1. The highest BCUT2D eigenvalue weighted by Crippen LogP contribution is 2.39. The molecule has 0 spiro atoms. The van der Waals surface area contributed by atoms with Crippen LogP contribution in [0, 0.1) is 0 Å². The topological polar surface area (TPSA) is 49.4 Å². The lowest BCUT2D eigenvalue weighted by atomic mass is 9.78. The van der Waals surface area contributed by atoms with Crippen molar-refractivity contribution in [2.24, 2.45) is 0 Å². The molecular formula is C21H21ClN2O2S. The fourth-order valence-electron chi connectivity index (χ4n) is 3.86. The Morgan fingerprint density at radius 3 is 2.89 bits per heavy atom. The molecule has 4 rings (SSSR count). The summed E-state index contributed by atoms with van der Waals surface area (Å²) in [6.45, 7) is 5.58. The maximum atomic E-state index is 13.0. The molecule has 0 aromatic heterocycles. The van der Waals surface area contributed by atoms with Gasteiger partial charge in [0.05, 0.1) is 10.9 Å². The van der Waals surface area contributed by atoms with Gasteiger partial charge in [0, 0.05) is 34.8 Å². The SMILES string of the molecule is CC1(C)CN(C(=O)C[C@H]2Sc3ccc(Cl)cc3NC2=O)Cc2ccccc21. The Morgan fingerprint density at radius 1 is 1.30 bits per heavy atom. The van der Waals surface area contributed by atoms with Gasteiger partial charge in [-0.2, -0.15) is 0 Å². The summed E-state index contributed by atoms with van der Waals surface area (Å²) in [4.78, 5) is 28.3. The predicted molar refractivity (Wildman–Crippen MR) is 109 cm³/mol. The van der Waals surface area contributed by atoms with Crippen molar-refractivity contribution in [1.82, 2.24) is 4.90 Å². The van der Waals surface area contributed by atoms with E-state index >= 15 is 0 Å². The van der Waals surface area contributed by atoms with Crippen LogP contribution >= 0.6 is 23.4 Å². The number of amides is 2. The van der Waals surface area contributed by atoms with Gasteiger partial charge in [-0.25, -0.2) is 0 Å². The largest absolute Gasteiger partial charge is 0.337 e. The van der Waals surface area contributed by atoms with Gasteiger partial charge in [0.25, 0.3) is 0 Å². The third-order valence-electron chi connectivity index (χ3n) is 5.17. The van der Waals surface area contributed by atoms with Crippen LogP contribution in [0.25, 0.3) is 0 Å². The number of nitrogens with zero attached hydrogens (tertiary/aromatic N) is 1. The predicted octanol–water partition coefficient (Wildman–Crippen LogP) is 4.46. The van der Waals surface area contributed by atoms with Crippen LogP contribution in [0.5, 0.6) is 0 Å². The smallest absolute Gasteiger partial charge is 0.238 e. The molecule has 0 saturated carbocycles. The zero-order valence-electron chi connectivity index (χ0n) is 15.3. The van der Waals surface area contributed by atoms with Gasteiger partial charge in [0.1, 0.15) is 0 Å². The normalized spacial score (nSPS) is 20.5. The van der Waals surface area contributed by atoms with Crippen molar-refractivity contribution in [1.29, 1.82) is 0 Å². The molecule has 2 aliphatic heterocycles. The number of halogens is 1. The van der Waals surface area contributed by atoms with Crippen LogP contribution in [0.1, 0.15) is 31.4 Å². The number of carbonyl (C=O) groups excluding carboxylic acids is 2. The van der Waals surface area contributed by atoms with Crippen molar-refractivity contribution in [3.8, 4) is 0 Å². The Morgan fingerprint density at radius 2 is 2.07 bits per heavy atom. The lowest BCUT2D eigenvalue weighted by Crippen LogP contribution is -2.46. The summed E-state index contributed by atoms with van der Waals surface area (Å²) in [5, 5.41) is 3.03. The number of hydrogen-bond acceptors (Lipinski definition) is 3. The maximum absolute atomic E-state index is 13.0. The van der Waals surface area contributed by atoms with E-state index in [2.05, 4.69) is 31.3 Å². The summed E-state index contributed by atoms with van der Waals surface area (Å²) >= 11 is 7.43. The van der Waals surface area contributed by atoms with E-state index in [1.165, 1.54) is 22.9 Å². The van der Waals surface area contributed by atoms with Gasteiger partial charge in [0.2, 0.25) is 11.8 Å². The van der Waals surface area contributed by atoms with Crippen molar-refractivity contribution in [3.05, 3.63) is 58.6 Å². The number of anilines is 1. The highest BCUT2D eigenvalue weighted by Gasteiger charge is 2.36. The highest BCUT2D eigenvalue weighted by molar-refractivity contribution is 8.01. The zero-order chi connectivity index (χ0) is 19.2. The summed E-state index contributed by atoms with van der Waals surface area (Å²) in [5.74, 6) is -0.123. The molecule has 27 heavy (non-hydrogen) atoms. The van der Waals surface area contributed by atoms with Crippen molar-refractivity contribution < 1.29 is 9.59 Å². The molecule has 0 bridgehead atoms. The molecule has 6 heteroatoms. The average molecular weight is 401 g/mol. The lowest BCUT2D eigenvalue weighted by Gasteiger charge is -2.40. The van der Waals surface area contributed by atoms with Gasteiger partial charge in [-0.3, -0.25) is 9.59 Å². The number of hydrogen-bond donors (Lipinski definition) is 1. The second kappa shape index (κ2) is 6.88. The number of nitrogens with one attached hydrogen (secondary N) is 1. The third-order valence-corrected chi connectivity index (χ3v) is 6.68. The Kier molecular flexibility index (Phi) is 4.68. The fraction of sp³-hybridized carbons (Fsp3) is 0.333. The van der Waals surface area contributed by atoms with Crippen LogP contribution in [0.15, 0.2) is 47.4 Å². The lowest BCUT2D eigenvalue weighted by molar-refractivity contribution is -0.134. The monoisotopic (exact) mass is 400 g/mol. The van der Waals surface area contributed by atoms with E-state index in [9.17, 15) is 9.59 Å². The molecule has 0 radical (unpaired) electrons. The average Bonchev–Trinajstić information content (AvgIpc) is 2.62. The molecule has 0 saturated heterocycles. The Labute approximate surface area is 168 Å². The van der Waals surface area contributed by atoms with Crippen LogP contribution < -0.4 is 5.32 Å². The van der Waals surface area contributed by atoms with Crippen molar-refractivity contribution in [2.45, 2.75) is 42.4 Å². The van der Waals surface area contributed by atoms with Gasteiger partial charge in [0.15, 0.2) is 0 Å². The minimum atomic E-state index is -0.425. The van der Waals surface area contributed by atoms with Crippen LogP contribution in [0.3, 0.4) is 0 Å². The van der Waals surface area contributed by atoms with E-state index in [-0.39, 0.29) is 23.7 Å². The first-order valence-corrected chi connectivity index (χ1v) is 10.2. The first-order chi connectivity index (χ1) is 12.8. The minimum absolute atomic E-state index is 0.0163. The second-order valence-corrected chi connectivity index (χ2v) is 9.41. The molecule has 140 valence electrons. The molecular weight excluding hydrogens is 380 g/mol. The van der Waals surface area contributed by atoms with E-state index in [0.29, 0.717) is 23.8 Å². The molecule has 1 atom stereocenters. The Balaban J connectivity index is 1.50. The summed E-state index contributed by atoms with van der Waals surface area (Å²) in [6, 6.07) is 13.7. The van der Waals surface area contributed by atoms with Gasteiger partial charge < -0.3 is 10.2 Å². The van der Waals surface area contributed by atoms with Crippen molar-refractivity contribution >= 4 is 40.9 Å². The third kappa shape index (κ3) is 3.58. The van der Waals surface area contributed by atoms with Crippen molar-refractivity contribution in [3.63, 3.8) is 0 Å². The first kappa shape index (κ1) is 18.4. The summed E-state index contributed by atoms with van der Waals surface area (Å²) in [5.41, 5.74) is 3.09. The van der Waals surface area contributed by atoms with Crippen molar-refractivity contribution in [2.75, 3.05) is 11.9 Å². The van der Waals surface area contributed by atoms with E-state index in [4.69, 9.17) is 11.6 Å². The van der Waals surface area contributed by atoms with Gasteiger partial charge >= 0.3 is 0 Å². The van der Waals surface area contributed by atoms with Crippen LogP contribution in [0.2, 0.25) is 5.02 Å². The number of rotatable bonds is 2. The second-order valence-electron chi connectivity index (χ2n) is 7.73. The molecule has 2 aliphatic rings. The quantitative estimate of drug-likeness (QED) is 0.809. The standard InChI is InChI=1S/C21H21ClN2O2S/c1-21(2)12-24(11-13-5-3-4-6-15(13)21)19(25)10-18-20(26)23-16-9-14(22)7-8-17(16)27-18/h3-9,18H,10-12H2,1-2H3,(H,23,26)/t18-/m1/s1. The van der Waals surface area contributed by atoms with E-state index < -0.39 is 5.25 Å². The molecule has 1 N–H and O–H groups in total. The molecule has 2 amide bonds. The van der Waals surface area contributed by atoms with Gasteiger partial charge in [-0.15, -0.1) is 11.8 Å². The Hall–Kier alpha value is -1.98. The zero-order valence-corrected chi connectivity index (χ0v) is 16.9. The molecule has 0 unspecified atom stereocenters. The highest BCUT2D eigenvalue weighted by atomic mass is 35.5. The van der Waals surface area contributed by atoms with Gasteiger partial charge in [-0.1, -0.05) is 49.7 Å². The minimum Gasteiger partial charge on any atom is -0.337 e. The molecule has 2 aromatic rings. The fourth-order valence-corrected chi connectivity index (χ4v) is 5.12. The molecule has 4 nitrogen and oxygen atoms in total. The van der Waals surface area contributed by atoms with Crippen LogP contribution in [-0.2, 0) is 21.5 Å². The molecule has 2 aromatic carbocycles. The summed E-state index contributed by atoms with van der Waals surface area (Å²) < 4.78 is 0. The van der Waals surface area contributed by atoms with Gasteiger partial charge in [-0.05, 0) is 29.3 Å². The summed E-state index contributed by atoms with van der Waals surface area (Å²) in [6.07, 6.45) is 0.191. The number of benzene rings is 2. The van der Waals surface area contributed by atoms with Crippen LogP contribution in [0.4, 0.5) is 5.69 Å². The van der Waals surface area contributed by atoms with E-state index in [1.54, 1.807) is 12.1 Å². The number of fused-ring (bicyclic) bond motifs is 2. The van der Waals surface area contributed by atoms with E-state index in [1.807, 2.05) is 23.1 Å². The summed E-state index contributed by atoms with van der Waals surface area (Å²) in [7, 11) is 0. The van der Waals surface area contributed by atoms with E-state index in [0.717, 1.165) is 4.90 Å². The molecule has 0 fully saturated rings. The number of carbonyl (C=O) groups is 2.